The highest BCUT2D eigenvalue weighted by molar-refractivity contribution is 5.77. The Morgan fingerprint density at radius 1 is 0.679 bits per heavy atom. The highest BCUT2D eigenvalue weighted by Gasteiger charge is 2.41. The van der Waals surface area contributed by atoms with Gasteiger partial charge in [0.2, 0.25) is 0 Å². The van der Waals surface area contributed by atoms with Gasteiger partial charge >= 0.3 is 11.9 Å². The lowest BCUT2D eigenvalue weighted by molar-refractivity contribution is -0.159. The summed E-state index contributed by atoms with van der Waals surface area (Å²) in [7, 11) is 0. The van der Waals surface area contributed by atoms with Crippen molar-refractivity contribution in [3.8, 4) is 0 Å². The fraction of sp³-hybridized carbons (Fsp3) is 0.833. The van der Waals surface area contributed by atoms with E-state index in [1.54, 1.807) is 0 Å². The molecule has 0 aromatic carbocycles. The van der Waals surface area contributed by atoms with Gasteiger partial charge in [-0.15, -0.1) is 0 Å². The SMILES string of the molecule is CCOC(=O)C1(CC/C=C/CCC2(C(=O)OCC)CCCCC2)CCCCC1. The van der Waals surface area contributed by atoms with Crippen molar-refractivity contribution in [1.29, 1.82) is 0 Å². The van der Waals surface area contributed by atoms with Crippen molar-refractivity contribution in [3.63, 3.8) is 0 Å². The van der Waals surface area contributed by atoms with Crippen LogP contribution in [-0.2, 0) is 19.1 Å². The quantitative estimate of drug-likeness (QED) is 0.331. The van der Waals surface area contributed by atoms with Crippen LogP contribution in [0.2, 0.25) is 0 Å². The fourth-order valence-corrected chi connectivity index (χ4v) is 5.09. The van der Waals surface area contributed by atoms with Gasteiger partial charge in [0, 0.05) is 0 Å². The smallest absolute Gasteiger partial charge is 0.312 e. The van der Waals surface area contributed by atoms with Crippen LogP contribution in [0.5, 0.6) is 0 Å². The Bertz CT molecular complexity index is 465. The fourth-order valence-electron chi connectivity index (χ4n) is 5.09. The second-order valence-electron chi connectivity index (χ2n) is 8.67. The highest BCUT2D eigenvalue weighted by atomic mass is 16.5. The molecule has 28 heavy (non-hydrogen) atoms. The first kappa shape index (κ1) is 23.0. The molecule has 0 bridgehead atoms. The van der Waals surface area contributed by atoms with Gasteiger partial charge in [-0.3, -0.25) is 9.59 Å². The van der Waals surface area contributed by atoms with E-state index < -0.39 is 0 Å². The molecule has 2 fully saturated rings. The van der Waals surface area contributed by atoms with Crippen molar-refractivity contribution in [1.82, 2.24) is 0 Å². The molecule has 0 radical (unpaired) electrons. The van der Waals surface area contributed by atoms with Gasteiger partial charge in [0.15, 0.2) is 0 Å². The van der Waals surface area contributed by atoms with Gasteiger partial charge in [-0.1, -0.05) is 50.7 Å². The second kappa shape index (κ2) is 11.6. The van der Waals surface area contributed by atoms with E-state index in [0.29, 0.717) is 13.2 Å². The Morgan fingerprint density at radius 3 is 1.36 bits per heavy atom. The molecule has 4 heteroatoms. The lowest BCUT2D eigenvalue weighted by Crippen LogP contribution is -2.35. The minimum absolute atomic E-state index is 0.00608. The largest absolute Gasteiger partial charge is 0.466 e. The Morgan fingerprint density at radius 2 is 1.04 bits per heavy atom. The van der Waals surface area contributed by atoms with E-state index in [2.05, 4.69) is 12.2 Å². The van der Waals surface area contributed by atoms with Gasteiger partial charge < -0.3 is 9.47 Å². The predicted molar refractivity (Wildman–Crippen MR) is 112 cm³/mol. The first-order chi connectivity index (χ1) is 13.6. The standard InChI is InChI=1S/C24H40O4/c1-3-27-21(25)23(17-11-7-12-18-23)15-9-5-6-10-16-24(22(26)28-4-2)19-13-8-14-20-24/h5-6H,3-4,7-20H2,1-2H3/b6-5+. The van der Waals surface area contributed by atoms with Crippen molar-refractivity contribution in [2.45, 2.75) is 104 Å². The van der Waals surface area contributed by atoms with E-state index in [0.717, 1.165) is 77.0 Å². The van der Waals surface area contributed by atoms with E-state index in [4.69, 9.17) is 9.47 Å². The first-order valence-corrected chi connectivity index (χ1v) is 11.6. The molecule has 0 saturated heterocycles. The topological polar surface area (TPSA) is 52.6 Å². The van der Waals surface area contributed by atoms with Crippen molar-refractivity contribution in [3.05, 3.63) is 12.2 Å². The number of hydrogen-bond donors (Lipinski definition) is 0. The van der Waals surface area contributed by atoms with Crippen LogP contribution in [0.3, 0.4) is 0 Å². The molecule has 2 aliphatic rings. The number of esters is 2. The van der Waals surface area contributed by atoms with Gasteiger partial charge in [0.05, 0.1) is 24.0 Å². The molecule has 0 aliphatic heterocycles. The summed E-state index contributed by atoms with van der Waals surface area (Å²) in [5, 5.41) is 0. The minimum Gasteiger partial charge on any atom is -0.466 e. The Labute approximate surface area is 171 Å². The third-order valence-corrected chi connectivity index (χ3v) is 6.78. The summed E-state index contributed by atoms with van der Waals surface area (Å²) < 4.78 is 10.8. The van der Waals surface area contributed by atoms with Gasteiger partial charge in [-0.25, -0.2) is 0 Å². The van der Waals surface area contributed by atoms with Crippen LogP contribution >= 0.6 is 0 Å². The summed E-state index contributed by atoms with van der Waals surface area (Å²) in [6.07, 6.45) is 18.8. The molecule has 0 atom stereocenters. The lowest BCUT2D eigenvalue weighted by Gasteiger charge is -2.35. The number of rotatable bonds is 10. The summed E-state index contributed by atoms with van der Waals surface area (Å²) >= 11 is 0. The van der Waals surface area contributed by atoms with E-state index in [9.17, 15) is 9.59 Å². The van der Waals surface area contributed by atoms with Crippen molar-refractivity contribution in [2.24, 2.45) is 10.8 Å². The molecule has 2 aliphatic carbocycles. The van der Waals surface area contributed by atoms with Gasteiger partial charge in [0.1, 0.15) is 0 Å². The minimum atomic E-state index is -0.270. The van der Waals surface area contributed by atoms with Crippen molar-refractivity contribution >= 4 is 11.9 Å². The normalized spacial score (nSPS) is 21.4. The molecule has 0 heterocycles. The third kappa shape index (κ3) is 6.09. The molecule has 2 rings (SSSR count). The van der Waals surface area contributed by atoms with Crippen molar-refractivity contribution in [2.75, 3.05) is 13.2 Å². The van der Waals surface area contributed by atoms with Crippen LogP contribution in [0.25, 0.3) is 0 Å². The maximum Gasteiger partial charge on any atom is 0.312 e. The average molecular weight is 393 g/mol. The van der Waals surface area contributed by atoms with Gasteiger partial charge in [-0.2, -0.15) is 0 Å². The Hall–Kier alpha value is -1.32. The number of carbonyl (C=O) groups is 2. The molecule has 0 unspecified atom stereocenters. The number of carbonyl (C=O) groups excluding carboxylic acids is 2. The lowest BCUT2D eigenvalue weighted by atomic mass is 9.70. The second-order valence-corrected chi connectivity index (χ2v) is 8.67. The van der Waals surface area contributed by atoms with Crippen molar-refractivity contribution < 1.29 is 19.1 Å². The van der Waals surface area contributed by atoms with E-state index in [-0.39, 0.29) is 22.8 Å². The molecular weight excluding hydrogens is 352 g/mol. The van der Waals surface area contributed by atoms with Crippen LogP contribution < -0.4 is 0 Å². The Balaban J connectivity index is 1.84. The first-order valence-electron chi connectivity index (χ1n) is 11.6. The maximum absolute atomic E-state index is 12.5. The summed E-state index contributed by atoms with van der Waals surface area (Å²) in [5.74, 6) is 0.0122. The number of hydrogen-bond acceptors (Lipinski definition) is 4. The molecule has 160 valence electrons. The van der Waals surface area contributed by atoms with Gasteiger partial charge in [-0.05, 0) is 65.2 Å². The zero-order valence-electron chi connectivity index (χ0n) is 18.1. The predicted octanol–water partition coefficient (Wildman–Crippen LogP) is 6.13. The molecular formula is C24H40O4. The average Bonchev–Trinajstić information content (AvgIpc) is 2.72. The molecule has 0 aromatic heterocycles. The summed E-state index contributed by atoms with van der Waals surface area (Å²) in [5.41, 5.74) is -0.539. The number of allylic oxidation sites excluding steroid dienone is 2. The van der Waals surface area contributed by atoms with Crippen LogP contribution in [0.1, 0.15) is 104 Å². The summed E-state index contributed by atoms with van der Waals surface area (Å²) in [6.45, 7) is 4.71. The monoisotopic (exact) mass is 392 g/mol. The molecule has 0 N–H and O–H groups in total. The van der Waals surface area contributed by atoms with E-state index >= 15 is 0 Å². The molecule has 0 aromatic rings. The van der Waals surface area contributed by atoms with Crippen LogP contribution in [0.4, 0.5) is 0 Å². The zero-order valence-corrected chi connectivity index (χ0v) is 18.1. The highest BCUT2D eigenvalue weighted by Crippen LogP contribution is 2.43. The van der Waals surface area contributed by atoms with Crippen LogP contribution in [0, 0.1) is 10.8 Å². The Kier molecular flexibility index (Phi) is 9.53. The van der Waals surface area contributed by atoms with Crippen LogP contribution in [0.15, 0.2) is 12.2 Å². The third-order valence-electron chi connectivity index (χ3n) is 6.78. The molecule has 2 saturated carbocycles. The maximum atomic E-state index is 12.5. The van der Waals surface area contributed by atoms with Gasteiger partial charge in [0.25, 0.3) is 0 Å². The summed E-state index contributed by atoms with van der Waals surface area (Å²) in [4.78, 5) is 25.1. The number of ether oxygens (including phenoxy) is 2. The molecule has 0 amide bonds. The zero-order chi connectivity index (χ0) is 20.3. The molecule has 0 spiro atoms. The van der Waals surface area contributed by atoms with E-state index in [1.807, 2.05) is 13.8 Å². The summed E-state index contributed by atoms with van der Waals surface area (Å²) in [6, 6.07) is 0. The molecule has 4 nitrogen and oxygen atoms in total. The van der Waals surface area contributed by atoms with E-state index in [1.165, 1.54) is 12.8 Å². The van der Waals surface area contributed by atoms with Crippen LogP contribution in [-0.4, -0.2) is 25.2 Å².